The van der Waals surface area contributed by atoms with Crippen LogP contribution in [0.1, 0.15) is 17.0 Å². The Bertz CT molecular complexity index is 425. The number of carbonyl (C=O) groups excluding carboxylic acids is 1. The van der Waals surface area contributed by atoms with Crippen molar-refractivity contribution in [2.75, 3.05) is 25.6 Å². The van der Waals surface area contributed by atoms with Crippen LogP contribution in [0.5, 0.6) is 0 Å². The number of thioether (sulfide) groups is 1. The molecule has 0 fully saturated rings. The fraction of sp³-hybridized carbons (Fsp3) is 0.636. The molecule has 0 aliphatic carbocycles. The van der Waals surface area contributed by atoms with Gasteiger partial charge in [0.05, 0.1) is 6.42 Å². The minimum Gasteiger partial charge on any atom is -0.345 e. The maximum atomic E-state index is 11.9. The smallest absolute Gasteiger partial charge is 0.227 e. The third-order valence-corrected chi connectivity index (χ3v) is 4.54. The SMILES string of the molecule is CSCCCN(C)C(=O)Cc1sc(=S)[nH]c1C. The van der Waals surface area contributed by atoms with Gasteiger partial charge in [-0.1, -0.05) is 0 Å². The molecule has 1 rings (SSSR count). The molecule has 0 saturated heterocycles. The number of aromatic nitrogens is 1. The van der Waals surface area contributed by atoms with Crippen LogP contribution in [0.15, 0.2) is 0 Å². The second-order valence-corrected chi connectivity index (χ2v) is 6.66. The van der Waals surface area contributed by atoms with Gasteiger partial charge in [-0.05, 0) is 37.6 Å². The lowest BCUT2D eigenvalue weighted by atomic mass is 10.2. The molecule has 96 valence electrons. The number of amides is 1. The van der Waals surface area contributed by atoms with E-state index in [0.29, 0.717) is 6.42 Å². The minimum absolute atomic E-state index is 0.166. The summed E-state index contributed by atoms with van der Waals surface area (Å²) in [6, 6.07) is 0. The van der Waals surface area contributed by atoms with E-state index in [2.05, 4.69) is 11.2 Å². The Morgan fingerprint density at radius 1 is 1.59 bits per heavy atom. The monoisotopic (exact) mass is 290 g/mol. The Labute approximate surface area is 116 Å². The molecule has 0 spiro atoms. The molecule has 0 radical (unpaired) electrons. The Morgan fingerprint density at radius 2 is 2.29 bits per heavy atom. The second-order valence-electron chi connectivity index (χ2n) is 3.90. The van der Waals surface area contributed by atoms with Crippen LogP contribution in [0.25, 0.3) is 0 Å². The highest BCUT2D eigenvalue weighted by Gasteiger charge is 2.12. The van der Waals surface area contributed by atoms with Crippen LogP contribution in [0.4, 0.5) is 0 Å². The molecular formula is C11H18N2OS3. The molecule has 0 bridgehead atoms. The van der Waals surface area contributed by atoms with Crippen LogP contribution in [0.3, 0.4) is 0 Å². The number of likely N-dealkylation sites (N-methyl/N-ethyl adjacent to an activating group) is 1. The van der Waals surface area contributed by atoms with E-state index in [1.54, 1.807) is 4.90 Å². The summed E-state index contributed by atoms with van der Waals surface area (Å²) in [7, 11) is 1.87. The molecule has 17 heavy (non-hydrogen) atoms. The molecule has 0 saturated carbocycles. The van der Waals surface area contributed by atoms with Crippen molar-refractivity contribution >= 4 is 41.2 Å². The van der Waals surface area contributed by atoms with Crippen molar-refractivity contribution in [2.24, 2.45) is 0 Å². The van der Waals surface area contributed by atoms with Crippen LogP contribution in [0, 0.1) is 10.9 Å². The molecular weight excluding hydrogens is 272 g/mol. The molecule has 0 atom stereocenters. The minimum atomic E-state index is 0.166. The van der Waals surface area contributed by atoms with Gasteiger partial charge in [0, 0.05) is 24.2 Å². The van der Waals surface area contributed by atoms with Crippen molar-refractivity contribution in [3.8, 4) is 0 Å². The summed E-state index contributed by atoms with van der Waals surface area (Å²) < 4.78 is 0.746. The number of aromatic amines is 1. The number of hydrogen-bond donors (Lipinski definition) is 1. The second kappa shape index (κ2) is 7.18. The lowest BCUT2D eigenvalue weighted by Gasteiger charge is -2.16. The first-order chi connectivity index (χ1) is 8.04. The van der Waals surface area contributed by atoms with Crippen LogP contribution < -0.4 is 0 Å². The molecule has 1 aromatic rings. The maximum Gasteiger partial charge on any atom is 0.227 e. The van der Waals surface area contributed by atoms with Crippen molar-refractivity contribution in [1.82, 2.24) is 9.88 Å². The van der Waals surface area contributed by atoms with Gasteiger partial charge in [-0.2, -0.15) is 11.8 Å². The highest BCUT2D eigenvalue weighted by Crippen LogP contribution is 2.15. The van der Waals surface area contributed by atoms with Crippen molar-refractivity contribution in [3.63, 3.8) is 0 Å². The normalized spacial score (nSPS) is 10.5. The van der Waals surface area contributed by atoms with E-state index in [1.165, 1.54) is 11.3 Å². The van der Waals surface area contributed by atoms with Gasteiger partial charge in [0.2, 0.25) is 5.91 Å². The van der Waals surface area contributed by atoms with E-state index >= 15 is 0 Å². The summed E-state index contributed by atoms with van der Waals surface area (Å²) >= 11 is 8.37. The summed E-state index contributed by atoms with van der Waals surface area (Å²) in [5, 5.41) is 0. The van der Waals surface area contributed by atoms with E-state index in [9.17, 15) is 4.79 Å². The third kappa shape index (κ3) is 4.81. The van der Waals surface area contributed by atoms with Gasteiger partial charge >= 0.3 is 0 Å². The van der Waals surface area contributed by atoms with Crippen LogP contribution in [0.2, 0.25) is 0 Å². The van der Waals surface area contributed by atoms with Gasteiger partial charge in [-0.15, -0.1) is 11.3 Å². The number of rotatable bonds is 6. The van der Waals surface area contributed by atoms with Crippen LogP contribution in [-0.2, 0) is 11.2 Å². The maximum absolute atomic E-state index is 11.9. The lowest BCUT2D eigenvalue weighted by molar-refractivity contribution is -0.129. The lowest BCUT2D eigenvalue weighted by Crippen LogP contribution is -2.29. The fourth-order valence-corrected chi connectivity index (χ4v) is 3.15. The van der Waals surface area contributed by atoms with E-state index < -0.39 is 0 Å². The molecule has 1 N–H and O–H groups in total. The largest absolute Gasteiger partial charge is 0.345 e. The zero-order chi connectivity index (χ0) is 12.8. The number of hydrogen-bond acceptors (Lipinski definition) is 4. The average molecular weight is 290 g/mol. The van der Waals surface area contributed by atoms with Crippen molar-refractivity contribution in [1.29, 1.82) is 0 Å². The van der Waals surface area contributed by atoms with Gasteiger partial charge in [0.1, 0.15) is 0 Å². The number of thiazole rings is 1. The molecule has 0 aromatic carbocycles. The van der Waals surface area contributed by atoms with Crippen LogP contribution in [-0.4, -0.2) is 41.4 Å². The first-order valence-electron chi connectivity index (χ1n) is 5.46. The highest BCUT2D eigenvalue weighted by atomic mass is 32.2. The zero-order valence-electron chi connectivity index (χ0n) is 10.4. The van der Waals surface area contributed by atoms with Crippen molar-refractivity contribution < 1.29 is 4.79 Å². The summed E-state index contributed by atoms with van der Waals surface area (Å²) in [6.45, 7) is 2.79. The molecule has 6 heteroatoms. The third-order valence-electron chi connectivity index (χ3n) is 2.50. The predicted molar refractivity (Wildman–Crippen MR) is 78.6 cm³/mol. The molecule has 0 unspecified atom stereocenters. The van der Waals surface area contributed by atoms with Gasteiger partial charge in [0.25, 0.3) is 0 Å². The Morgan fingerprint density at radius 3 is 2.82 bits per heavy atom. The fourth-order valence-electron chi connectivity index (χ4n) is 1.45. The number of nitrogens with zero attached hydrogens (tertiary/aromatic N) is 1. The summed E-state index contributed by atoms with van der Waals surface area (Å²) in [6.07, 6.45) is 3.59. The number of carbonyl (C=O) groups is 1. The average Bonchev–Trinajstić information content (AvgIpc) is 2.57. The predicted octanol–water partition coefficient (Wildman–Crippen LogP) is 2.87. The van der Waals surface area contributed by atoms with Gasteiger partial charge in [0.15, 0.2) is 3.95 Å². The molecule has 0 aliphatic heterocycles. The summed E-state index contributed by atoms with van der Waals surface area (Å²) in [4.78, 5) is 17.9. The molecule has 1 heterocycles. The highest BCUT2D eigenvalue weighted by molar-refractivity contribution is 7.98. The number of H-pyrrole nitrogens is 1. The van der Waals surface area contributed by atoms with E-state index in [4.69, 9.17) is 12.2 Å². The Hall–Kier alpha value is -0.330. The van der Waals surface area contributed by atoms with Crippen LogP contribution >= 0.6 is 35.3 Å². The van der Waals surface area contributed by atoms with Gasteiger partial charge in [-0.25, -0.2) is 0 Å². The standard InChI is InChI=1S/C11H18N2OS3/c1-8-9(17-11(15)12-8)7-10(14)13(2)5-4-6-16-3/h4-7H2,1-3H3,(H,12,15). The molecule has 1 amide bonds. The molecule has 0 aliphatic rings. The van der Waals surface area contributed by atoms with E-state index in [-0.39, 0.29) is 5.91 Å². The molecule has 3 nitrogen and oxygen atoms in total. The zero-order valence-corrected chi connectivity index (χ0v) is 12.9. The quantitative estimate of drug-likeness (QED) is 0.646. The first-order valence-corrected chi connectivity index (χ1v) is 8.08. The summed E-state index contributed by atoms with van der Waals surface area (Å²) in [5.74, 6) is 1.26. The summed E-state index contributed by atoms with van der Waals surface area (Å²) in [5.41, 5.74) is 1.02. The Kier molecular flexibility index (Phi) is 6.22. The van der Waals surface area contributed by atoms with E-state index in [1.807, 2.05) is 25.7 Å². The first kappa shape index (κ1) is 14.7. The Balaban J connectivity index is 2.48. The number of aryl methyl sites for hydroxylation is 1. The van der Waals surface area contributed by atoms with Crippen molar-refractivity contribution in [2.45, 2.75) is 19.8 Å². The van der Waals surface area contributed by atoms with Gasteiger partial charge < -0.3 is 9.88 Å². The van der Waals surface area contributed by atoms with E-state index in [0.717, 1.165) is 33.2 Å². The van der Waals surface area contributed by atoms with Gasteiger partial charge in [-0.3, -0.25) is 4.79 Å². The number of nitrogens with one attached hydrogen (secondary N) is 1. The topological polar surface area (TPSA) is 36.1 Å². The molecule has 1 aromatic heterocycles. The van der Waals surface area contributed by atoms with Crippen molar-refractivity contribution in [3.05, 3.63) is 14.5 Å².